The van der Waals surface area contributed by atoms with Gasteiger partial charge in [-0.3, -0.25) is 20.1 Å². The highest BCUT2D eigenvalue weighted by Gasteiger charge is 2.48. The SMILES string of the molecule is COc1ccc([C@@H]2[C@@H](Cl)C(=O)N2NC(=O)c2cc(-c3ccc(Cl)cc3)n[nH]2)cc1. The van der Waals surface area contributed by atoms with Crippen LogP contribution in [0.1, 0.15) is 22.1 Å². The smallest absolute Gasteiger partial charge is 0.287 e. The van der Waals surface area contributed by atoms with E-state index in [4.69, 9.17) is 27.9 Å². The molecule has 0 unspecified atom stereocenters. The van der Waals surface area contributed by atoms with Gasteiger partial charge in [0.1, 0.15) is 22.9 Å². The lowest BCUT2D eigenvalue weighted by Crippen LogP contribution is -2.63. The number of hydrogen-bond donors (Lipinski definition) is 2. The number of hydrazine groups is 1. The second-order valence-corrected chi connectivity index (χ2v) is 7.35. The fraction of sp³-hybridized carbons (Fsp3) is 0.150. The predicted molar refractivity (Wildman–Crippen MR) is 109 cm³/mol. The third-order valence-corrected chi connectivity index (χ3v) is 5.35. The van der Waals surface area contributed by atoms with Crippen molar-refractivity contribution in [2.45, 2.75) is 11.4 Å². The van der Waals surface area contributed by atoms with E-state index in [0.717, 1.165) is 11.1 Å². The van der Waals surface area contributed by atoms with Crippen molar-refractivity contribution in [3.05, 3.63) is 70.9 Å². The first-order valence-corrected chi connectivity index (χ1v) is 9.53. The van der Waals surface area contributed by atoms with Gasteiger partial charge in [-0.1, -0.05) is 35.9 Å². The van der Waals surface area contributed by atoms with Crippen LogP contribution < -0.4 is 10.2 Å². The van der Waals surface area contributed by atoms with Gasteiger partial charge in [-0.25, -0.2) is 5.01 Å². The van der Waals surface area contributed by atoms with Crippen LogP contribution in [0.5, 0.6) is 5.75 Å². The number of β-lactam (4-membered cyclic amide) rings is 1. The van der Waals surface area contributed by atoms with E-state index in [1.807, 2.05) is 0 Å². The first-order chi connectivity index (χ1) is 14.0. The highest BCUT2D eigenvalue weighted by Crippen LogP contribution is 2.37. The average molecular weight is 431 g/mol. The summed E-state index contributed by atoms with van der Waals surface area (Å²) in [6.45, 7) is 0. The standard InChI is InChI=1S/C20H16Cl2N4O3/c1-29-14-8-4-12(5-9-14)18-17(22)20(28)26(18)25-19(27)16-10-15(23-24-16)11-2-6-13(21)7-3-11/h2-10,17-18H,1H3,(H,23,24)(H,25,27)/t17-,18-/m1/s1. The Kier molecular flexibility index (Phi) is 5.17. The van der Waals surface area contributed by atoms with E-state index >= 15 is 0 Å². The number of aromatic nitrogens is 2. The Morgan fingerprint density at radius 2 is 1.86 bits per heavy atom. The van der Waals surface area contributed by atoms with Crippen LogP contribution >= 0.6 is 23.2 Å². The zero-order valence-electron chi connectivity index (χ0n) is 15.2. The monoisotopic (exact) mass is 430 g/mol. The molecule has 1 saturated heterocycles. The number of alkyl halides is 1. The van der Waals surface area contributed by atoms with Crippen molar-refractivity contribution in [3.63, 3.8) is 0 Å². The van der Waals surface area contributed by atoms with Crippen LogP contribution in [0.3, 0.4) is 0 Å². The number of amides is 2. The van der Waals surface area contributed by atoms with Gasteiger partial charge in [0.15, 0.2) is 0 Å². The minimum absolute atomic E-state index is 0.217. The van der Waals surface area contributed by atoms with Crippen molar-refractivity contribution in [2.24, 2.45) is 0 Å². The summed E-state index contributed by atoms with van der Waals surface area (Å²) >= 11 is 12.1. The summed E-state index contributed by atoms with van der Waals surface area (Å²) in [6, 6.07) is 15.4. The van der Waals surface area contributed by atoms with Crippen molar-refractivity contribution in [1.82, 2.24) is 20.6 Å². The number of carbonyl (C=O) groups is 2. The number of nitrogens with one attached hydrogen (secondary N) is 2. The van der Waals surface area contributed by atoms with Crippen molar-refractivity contribution in [1.29, 1.82) is 0 Å². The fourth-order valence-electron chi connectivity index (χ4n) is 3.07. The first kappa shape index (κ1) is 19.3. The summed E-state index contributed by atoms with van der Waals surface area (Å²) in [6.07, 6.45) is 0. The van der Waals surface area contributed by atoms with Crippen LogP contribution in [-0.2, 0) is 4.79 Å². The molecule has 2 aromatic carbocycles. The lowest BCUT2D eigenvalue weighted by atomic mass is 9.95. The van der Waals surface area contributed by atoms with E-state index in [1.165, 1.54) is 5.01 Å². The highest BCUT2D eigenvalue weighted by atomic mass is 35.5. The molecule has 1 aliphatic rings. The Labute approximate surface area is 176 Å². The van der Waals surface area contributed by atoms with Gasteiger partial charge in [0.05, 0.1) is 12.8 Å². The van der Waals surface area contributed by atoms with Gasteiger partial charge in [-0.05, 0) is 35.9 Å². The zero-order valence-corrected chi connectivity index (χ0v) is 16.7. The number of ether oxygens (including phenoxy) is 1. The van der Waals surface area contributed by atoms with Crippen LogP contribution in [0.2, 0.25) is 5.02 Å². The van der Waals surface area contributed by atoms with E-state index < -0.39 is 17.3 Å². The third kappa shape index (κ3) is 3.66. The minimum atomic E-state index is -0.755. The second-order valence-electron chi connectivity index (χ2n) is 6.44. The van der Waals surface area contributed by atoms with Crippen LogP contribution in [-0.4, -0.2) is 39.5 Å². The summed E-state index contributed by atoms with van der Waals surface area (Å²) in [7, 11) is 1.57. The molecule has 0 aliphatic carbocycles. The van der Waals surface area contributed by atoms with Gasteiger partial charge in [-0.15, -0.1) is 11.6 Å². The molecule has 0 radical (unpaired) electrons. The van der Waals surface area contributed by atoms with Gasteiger partial charge in [0.2, 0.25) is 0 Å². The molecule has 29 heavy (non-hydrogen) atoms. The molecule has 148 valence electrons. The quantitative estimate of drug-likeness (QED) is 0.478. The van der Waals surface area contributed by atoms with E-state index in [-0.39, 0.29) is 11.6 Å². The van der Waals surface area contributed by atoms with Crippen LogP contribution in [0.4, 0.5) is 0 Å². The van der Waals surface area contributed by atoms with Gasteiger partial charge in [-0.2, -0.15) is 5.10 Å². The maximum Gasteiger partial charge on any atom is 0.287 e. The summed E-state index contributed by atoms with van der Waals surface area (Å²) in [5, 5.41) is 7.91. The Hall–Kier alpha value is -3.03. The molecule has 3 aromatic rings. The predicted octanol–water partition coefficient (Wildman–Crippen LogP) is 3.57. The number of rotatable bonds is 5. The molecule has 2 heterocycles. The first-order valence-electron chi connectivity index (χ1n) is 8.71. The molecule has 0 bridgehead atoms. The van der Waals surface area contributed by atoms with Crippen LogP contribution in [0.15, 0.2) is 54.6 Å². The lowest BCUT2D eigenvalue weighted by Gasteiger charge is -2.43. The minimum Gasteiger partial charge on any atom is -0.497 e. The molecule has 0 spiro atoms. The topological polar surface area (TPSA) is 87.3 Å². The molecule has 9 heteroatoms. The lowest BCUT2D eigenvalue weighted by molar-refractivity contribution is -0.149. The Morgan fingerprint density at radius 3 is 2.52 bits per heavy atom. The Morgan fingerprint density at radius 1 is 1.17 bits per heavy atom. The van der Waals surface area contributed by atoms with Gasteiger partial charge >= 0.3 is 0 Å². The summed E-state index contributed by atoms with van der Waals surface area (Å²) in [5.74, 6) is -0.181. The van der Waals surface area contributed by atoms with Crippen molar-refractivity contribution in [3.8, 4) is 17.0 Å². The van der Waals surface area contributed by atoms with Crippen LogP contribution in [0.25, 0.3) is 11.3 Å². The maximum absolute atomic E-state index is 12.6. The second kappa shape index (κ2) is 7.77. The van der Waals surface area contributed by atoms with E-state index in [0.29, 0.717) is 16.5 Å². The van der Waals surface area contributed by atoms with Crippen LogP contribution in [0, 0.1) is 0 Å². The van der Waals surface area contributed by atoms with Crippen molar-refractivity contribution < 1.29 is 14.3 Å². The molecule has 2 amide bonds. The molecular formula is C20H16Cl2N4O3. The van der Waals surface area contributed by atoms with Gasteiger partial charge < -0.3 is 4.74 Å². The maximum atomic E-state index is 12.6. The van der Waals surface area contributed by atoms with E-state index in [2.05, 4.69) is 15.6 Å². The average Bonchev–Trinajstić information content (AvgIpc) is 3.24. The Bertz CT molecular complexity index is 1050. The Balaban J connectivity index is 1.49. The number of nitrogens with zero attached hydrogens (tertiary/aromatic N) is 2. The molecule has 1 aliphatic heterocycles. The van der Waals surface area contributed by atoms with E-state index in [9.17, 15) is 9.59 Å². The summed E-state index contributed by atoms with van der Waals surface area (Å²) in [4.78, 5) is 24.8. The molecule has 1 aromatic heterocycles. The largest absolute Gasteiger partial charge is 0.497 e. The number of halogens is 2. The van der Waals surface area contributed by atoms with Gasteiger partial charge in [0.25, 0.3) is 11.8 Å². The zero-order chi connectivity index (χ0) is 20.5. The van der Waals surface area contributed by atoms with Crippen molar-refractivity contribution in [2.75, 3.05) is 7.11 Å². The molecule has 1 fully saturated rings. The molecular weight excluding hydrogens is 415 g/mol. The van der Waals surface area contributed by atoms with Crippen molar-refractivity contribution >= 4 is 35.0 Å². The molecule has 4 rings (SSSR count). The summed E-state index contributed by atoms with van der Waals surface area (Å²) < 4.78 is 5.14. The number of H-pyrrole nitrogens is 1. The third-order valence-electron chi connectivity index (χ3n) is 4.67. The fourth-order valence-corrected chi connectivity index (χ4v) is 3.56. The number of hydrogen-bond acceptors (Lipinski definition) is 4. The molecule has 7 nitrogen and oxygen atoms in total. The number of carbonyl (C=O) groups excluding carboxylic acids is 2. The highest BCUT2D eigenvalue weighted by molar-refractivity contribution is 6.33. The normalized spacial score (nSPS) is 18.3. The molecule has 2 atom stereocenters. The summed E-state index contributed by atoms with van der Waals surface area (Å²) in [5.41, 5.74) is 5.00. The molecule has 0 saturated carbocycles. The number of methoxy groups -OCH3 is 1. The molecule has 2 N–H and O–H groups in total. The van der Waals surface area contributed by atoms with E-state index in [1.54, 1.807) is 61.7 Å². The number of benzene rings is 2. The number of aromatic amines is 1. The van der Waals surface area contributed by atoms with Gasteiger partial charge in [0, 0.05) is 10.6 Å².